The minimum absolute atomic E-state index is 0.0894. The van der Waals surface area contributed by atoms with Crippen LogP contribution in [0.2, 0.25) is 0 Å². The number of nitrogens with zero attached hydrogens (tertiary/aromatic N) is 2. The van der Waals surface area contributed by atoms with Gasteiger partial charge >= 0.3 is 0 Å². The quantitative estimate of drug-likeness (QED) is 0.487. The lowest BCUT2D eigenvalue weighted by Crippen LogP contribution is -2.25. The maximum absolute atomic E-state index is 12.8. The molecule has 2 amide bonds. The number of nitrogens with one attached hydrogen (secondary N) is 2. The van der Waals surface area contributed by atoms with Crippen LogP contribution in [-0.4, -0.2) is 33.5 Å². The fraction of sp³-hybridized carbons (Fsp3) is 0.238. The Morgan fingerprint density at radius 2 is 1.89 bits per heavy atom. The van der Waals surface area contributed by atoms with Crippen molar-refractivity contribution in [1.29, 1.82) is 0 Å². The fourth-order valence-corrected chi connectivity index (χ4v) is 2.83. The van der Waals surface area contributed by atoms with E-state index < -0.39 is 5.91 Å². The number of ketones is 1. The first kappa shape index (κ1) is 19.3. The zero-order valence-electron chi connectivity index (χ0n) is 15.9. The molecule has 0 aliphatic heterocycles. The average molecular weight is 378 g/mol. The van der Waals surface area contributed by atoms with Gasteiger partial charge in [-0.3, -0.25) is 18.8 Å². The van der Waals surface area contributed by atoms with Gasteiger partial charge in [-0.1, -0.05) is 31.5 Å². The highest BCUT2D eigenvalue weighted by molar-refractivity contribution is 6.06. The molecule has 7 heteroatoms. The van der Waals surface area contributed by atoms with Gasteiger partial charge in [0.05, 0.1) is 5.52 Å². The number of imidazole rings is 1. The van der Waals surface area contributed by atoms with E-state index in [0.717, 1.165) is 12.8 Å². The number of carbonyl (C=O) groups is 3. The maximum atomic E-state index is 12.8. The largest absolute Gasteiger partial charge is 0.351 e. The molecule has 0 spiro atoms. The van der Waals surface area contributed by atoms with E-state index in [0.29, 0.717) is 23.3 Å². The predicted octanol–water partition coefficient (Wildman–Crippen LogP) is 3.32. The molecule has 144 valence electrons. The van der Waals surface area contributed by atoms with Gasteiger partial charge in [0.15, 0.2) is 11.5 Å². The van der Waals surface area contributed by atoms with Crippen molar-refractivity contribution in [1.82, 2.24) is 14.7 Å². The van der Waals surface area contributed by atoms with E-state index in [1.54, 1.807) is 53.1 Å². The first-order valence-corrected chi connectivity index (χ1v) is 9.19. The molecule has 28 heavy (non-hydrogen) atoms. The van der Waals surface area contributed by atoms with Gasteiger partial charge in [-0.25, -0.2) is 4.98 Å². The summed E-state index contributed by atoms with van der Waals surface area (Å²) < 4.78 is 1.58. The molecular formula is C21H22N4O3. The zero-order chi connectivity index (χ0) is 20.1. The maximum Gasteiger partial charge on any atom is 0.292 e. The summed E-state index contributed by atoms with van der Waals surface area (Å²) in [6, 6.07) is 12.0. The Morgan fingerprint density at radius 3 is 2.64 bits per heavy atom. The number of fused-ring (bicyclic) bond motifs is 1. The van der Waals surface area contributed by atoms with Gasteiger partial charge < -0.3 is 10.6 Å². The molecule has 0 saturated heterocycles. The molecule has 0 fully saturated rings. The van der Waals surface area contributed by atoms with Crippen molar-refractivity contribution in [2.24, 2.45) is 0 Å². The number of rotatable bonds is 7. The fourth-order valence-electron chi connectivity index (χ4n) is 2.83. The van der Waals surface area contributed by atoms with Gasteiger partial charge in [-0.2, -0.15) is 0 Å². The number of Topliss-reactive ketones (excluding diaryl/α,β-unsaturated/α-hetero) is 1. The van der Waals surface area contributed by atoms with Crippen LogP contribution in [-0.2, 0) is 0 Å². The number of amides is 2. The molecule has 0 aliphatic carbocycles. The minimum Gasteiger partial charge on any atom is -0.351 e. The van der Waals surface area contributed by atoms with E-state index in [4.69, 9.17) is 0 Å². The van der Waals surface area contributed by atoms with Crippen LogP contribution in [0.3, 0.4) is 0 Å². The van der Waals surface area contributed by atoms with Gasteiger partial charge in [0, 0.05) is 24.0 Å². The van der Waals surface area contributed by atoms with Crippen LogP contribution in [0, 0.1) is 0 Å². The third-order valence-electron chi connectivity index (χ3n) is 4.31. The lowest BCUT2D eigenvalue weighted by Gasteiger charge is -2.05. The summed E-state index contributed by atoms with van der Waals surface area (Å²) >= 11 is 0. The number of hydrogen-bond acceptors (Lipinski definition) is 4. The molecular weight excluding hydrogens is 356 g/mol. The number of benzene rings is 1. The lowest BCUT2D eigenvalue weighted by molar-refractivity contribution is 0.0949. The Kier molecular flexibility index (Phi) is 5.84. The van der Waals surface area contributed by atoms with Crippen molar-refractivity contribution in [3.63, 3.8) is 0 Å². The predicted molar refractivity (Wildman–Crippen MR) is 107 cm³/mol. The highest BCUT2D eigenvalue weighted by Crippen LogP contribution is 2.16. The van der Waals surface area contributed by atoms with E-state index in [1.807, 2.05) is 6.92 Å². The molecule has 3 rings (SSSR count). The number of pyridine rings is 1. The van der Waals surface area contributed by atoms with Crippen molar-refractivity contribution in [2.45, 2.75) is 26.7 Å². The first-order valence-electron chi connectivity index (χ1n) is 9.19. The van der Waals surface area contributed by atoms with Gasteiger partial charge in [-0.05, 0) is 37.6 Å². The second-order valence-electron chi connectivity index (χ2n) is 6.44. The molecule has 2 N–H and O–H groups in total. The van der Waals surface area contributed by atoms with Crippen molar-refractivity contribution in [3.05, 3.63) is 65.7 Å². The average Bonchev–Trinajstić information content (AvgIpc) is 3.08. The van der Waals surface area contributed by atoms with Crippen molar-refractivity contribution < 1.29 is 14.4 Å². The van der Waals surface area contributed by atoms with Gasteiger partial charge in [0.2, 0.25) is 5.82 Å². The monoisotopic (exact) mass is 378 g/mol. The van der Waals surface area contributed by atoms with Crippen LogP contribution in [0.15, 0.2) is 48.7 Å². The van der Waals surface area contributed by atoms with Crippen LogP contribution in [0.4, 0.5) is 5.69 Å². The van der Waals surface area contributed by atoms with Crippen LogP contribution < -0.4 is 10.6 Å². The lowest BCUT2D eigenvalue weighted by atomic mass is 10.1. The molecule has 0 saturated carbocycles. The summed E-state index contributed by atoms with van der Waals surface area (Å²) in [5.74, 6) is -0.762. The van der Waals surface area contributed by atoms with E-state index >= 15 is 0 Å². The van der Waals surface area contributed by atoms with Crippen LogP contribution in [0.25, 0.3) is 5.52 Å². The molecule has 7 nitrogen and oxygen atoms in total. The Morgan fingerprint density at radius 1 is 1.07 bits per heavy atom. The molecule has 0 unspecified atom stereocenters. The van der Waals surface area contributed by atoms with Gasteiger partial charge in [0.1, 0.15) is 0 Å². The molecule has 0 atom stereocenters. The number of anilines is 1. The third-order valence-corrected chi connectivity index (χ3v) is 4.31. The molecule has 0 aliphatic rings. The Bertz CT molecular complexity index is 1040. The summed E-state index contributed by atoms with van der Waals surface area (Å²) in [7, 11) is 0. The number of unbranched alkanes of at least 4 members (excludes halogenated alkanes) is 1. The molecule has 3 aromatic rings. The van der Waals surface area contributed by atoms with Crippen molar-refractivity contribution in [3.8, 4) is 0 Å². The summed E-state index contributed by atoms with van der Waals surface area (Å²) in [6.45, 7) is 4.06. The Hall–Kier alpha value is -3.48. The van der Waals surface area contributed by atoms with E-state index in [1.165, 1.54) is 6.92 Å². The normalized spacial score (nSPS) is 10.6. The summed E-state index contributed by atoms with van der Waals surface area (Å²) in [6.07, 6.45) is 3.53. The Balaban J connectivity index is 1.90. The first-order chi connectivity index (χ1) is 13.5. The van der Waals surface area contributed by atoms with Crippen molar-refractivity contribution in [2.75, 3.05) is 11.9 Å². The number of carbonyl (C=O) groups excluding carboxylic acids is 3. The standard InChI is InChI=1S/C21H22N4O3/c1-3-4-11-22-20(27)18-17-10-5-6-12-25(17)19(24-18)21(28)23-16-9-7-8-15(13-16)14(2)26/h5-10,12-13H,3-4,11H2,1-2H3,(H,22,27)(H,23,28). The van der Waals surface area contributed by atoms with E-state index in [9.17, 15) is 14.4 Å². The number of hydrogen-bond donors (Lipinski definition) is 2. The van der Waals surface area contributed by atoms with Crippen LogP contribution in [0.1, 0.15) is 58.2 Å². The molecule has 0 radical (unpaired) electrons. The second kappa shape index (κ2) is 8.47. The van der Waals surface area contributed by atoms with Crippen LogP contribution >= 0.6 is 0 Å². The highest BCUT2D eigenvalue weighted by Gasteiger charge is 2.21. The Labute approximate surface area is 162 Å². The van der Waals surface area contributed by atoms with Gasteiger partial charge in [0.25, 0.3) is 11.8 Å². The summed E-state index contributed by atoms with van der Waals surface area (Å²) in [4.78, 5) is 41.1. The third kappa shape index (κ3) is 4.09. The van der Waals surface area contributed by atoms with Crippen LogP contribution in [0.5, 0.6) is 0 Å². The zero-order valence-corrected chi connectivity index (χ0v) is 15.9. The van der Waals surface area contributed by atoms with E-state index in [-0.39, 0.29) is 23.2 Å². The SMILES string of the molecule is CCCCNC(=O)c1nc(C(=O)Nc2cccc(C(C)=O)c2)n2ccccc12. The van der Waals surface area contributed by atoms with Crippen molar-refractivity contribution >= 4 is 28.8 Å². The minimum atomic E-state index is -0.463. The molecule has 0 bridgehead atoms. The molecule has 2 heterocycles. The second-order valence-corrected chi connectivity index (χ2v) is 6.44. The molecule has 1 aromatic carbocycles. The summed E-state index contributed by atoms with van der Waals surface area (Å²) in [5, 5.41) is 5.57. The number of aromatic nitrogens is 2. The summed E-state index contributed by atoms with van der Waals surface area (Å²) in [5.41, 5.74) is 1.75. The topological polar surface area (TPSA) is 92.6 Å². The molecule has 2 aromatic heterocycles. The van der Waals surface area contributed by atoms with E-state index in [2.05, 4.69) is 15.6 Å². The smallest absolute Gasteiger partial charge is 0.292 e. The highest BCUT2D eigenvalue weighted by atomic mass is 16.2. The van der Waals surface area contributed by atoms with Gasteiger partial charge in [-0.15, -0.1) is 0 Å².